The first kappa shape index (κ1) is 13.4. The average Bonchev–Trinajstić information content (AvgIpc) is 2.78. The quantitative estimate of drug-likeness (QED) is 0.817. The predicted molar refractivity (Wildman–Crippen MR) is 80.1 cm³/mol. The van der Waals surface area contributed by atoms with Crippen molar-refractivity contribution in [2.24, 2.45) is 0 Å². The number of hydrogen-bond acceptors (Lipinski definition) is 5. The van der Waals surface area contributed by atoms with E-state index in [1.807, 2.05) is 0 Å². The number of nitrogens with one attached hydrogen (secondary N) is 1. The molecule has 0 unspecified atom stereocenters. The molecule has 0 bridgehead atoms. The second-order valence-corrected chi connectivity index (χ2v) is 6.70. The summed E-state index contributed by atoms with van der Waals surface area (Å²) in [5.74, 6) is 1.59. The Morgan fingerprint density at radius 2 is 1.94 bits per heavy atom. The van der Waals surface area contributed by atoms with E-state index in [9.17, 15) is 0 Å². The number of aromatic nitrogens is 2. The lowest BCUT2D eigenvalue weighted by Crippen LogP contribution is -1.91. The van der Waals surface area contributed by atoms with Gasteiger partial charge in [-0.25, -0.2) is 0 Å². The fourth-order valence-electron chi connectivity index (χ4n) is 1.52. The van der Waals surface area contributed by atoms with Gasteiger partial charge in [-0.2, -0.15) is 0 Å². The molecule has 1 aromatic carbocycles. The van der Waals surface area contributed by atoms with E-state index in [2.05, 4.69) is 60.6 Å². The Balaban J connectivity index is 2.03. The largest absolute Gasteiger partial charge is 0.330 e. The van der Waals surface area contributed by atoms with Crippen molar-refractivity contribution in [3.8, 4) is 0 Å². The van der Waals surface area contributed by atoms with Crippen LogP contribution < -0.4 is 5.32 Å². The topological polar surface area (TPSA) is 37.8 Å². The fourth-order valence-corrected chi connectivity index (χ4v) is 3.19. The van der Waals surface area contributed by atoms with Gasteiger partial charge in [-0.1, -0.05) is 56.0 Å². The summed E-state index contributed by atoms with van der Waals surface area (Å²) >= 11 is 3.31. The summed E-state index contributed by atoms with van der Waals surface area (Å²) in [4.78, 5) is 0. The molecular formula is C13H17N3S2. The van der Waals surface area contributed by atoms with Gasteiger partial charge < -0.3 is 5.32 Å². The van der Waals surface area contributed by atoms with Gasteiger partial charge in [0.05, 0.1) is 0 Å². The minimum atomic E-state index is 0.563. The number of hydrogen-bond donors (Lipinski definition) is 1. The molecule has 0 saturated heterocycles. The van der Waals surface area contributed by atoms with Crippen molar-refractivity contribution in [3.05, 3.63) is 29.8 Å². The summed E-state index contributed by atoms with van der Waals surface area (Å²) in [7, 11) is 0. The van der Waals surface area contributed by atoms with Crippen LogP contribution in [0, 0.1) is 0 Å². The van der Waals surface area contributed by atoms with Crippen LogP contribution in [0.4, 0.5) is 10.8 Å². The van der Waals surface area contributed by atoms with Crippen LogP contribution in [0.3, 0.4) is 0 Å². The van der Waals surface area contributed by atoms with Crippen LogP contribution in [0.2, 0.25) is 0 Å². The highest BCUT2D eigenvalue weighted by molar-refractivity contribution is 8.01. The molecule has 0 aliphatic rings. The summed E-state index contributed by atoms with van der Waals surface area (Å²) in [6.07, 6.45) is 0. The number of anilines is 2. The maximum absolute atomic E-state index is 4.12. The predicted octanol–water partition coefficient (Wildman–Crippen LogP) is 4.52. The SMILES string of the molecule is CCSc1nnc(Nc2ccc(C(C)C)cc2)s1. The van der Waals surface area contributed by atoms with E-state index in [0.717, 1.165) is 20.9 Å². The first-order chi connectivity index (χ1) is 8.69. The third kappa shape index (κ3) is 3.46. The summed E-state index contributed by atoms with van der Waals surface area (Å²) in [5, 5.41) is 12.4. The molecular weight excluding hydrogens is 262 g/mol. The third-order valence-electron chi connectivity index (χ3n) is 2.50. The van der Waals surface area contributed by atoms with Crippen molar-refractivity contribution in [2.75, 3.05) is 11.1 Å². The van der Waals surface area contributed by atoms with Gasteiger partial charge in [-0.3, -0.25) is 0 Å². The number of benzene rings is 1. The van der Waals surface area contributed by atoms with E-state index in [1.54, 1.807) is 23.1 Å². The molecule has 1 aromatic heterocycles. The molecule has 0 aliphatic carbocycles. The highest BCUT2D eigenvalue weighted by Crippen LogP contribution is 2.27. The molecule has 2 aromatic rings. The molecule has 0 atom stereocenters. The van der Waals surface area contributed by atoms with E-state index >= 15 is 0 Å². The Bertz CT molecular complexity index is 491. The molecule has 0 fully saturated rings. The fraction of sp³-hybridized carbons (Fsp3) is 0.385. The maximum Gasteiger partial charge on any atom is 0.210 e. The lowest BCUT2D eigenvalue weighted by atomic mass is 10.0. The Labute approximate surface area is 116 Å². The van der Waals surface area contributed by atoms with Gasteiger partial charge in [0.25, 0.3) is 0 Å². The molecule has 0 radical (unpaired) electrons. The van der Waals surface area contributed by atoms with Crippen LogP contribution in [0.25, 0.3) is 0 Å². The number of nitrogens with zero attached hydrogens (tertiary/aromatic N) is 2. The minimum absolute atomic E-state index is 0.563. The van der Waals surface area contributed by atoms with Gasteiger partial charge in [0, 0.05) is 5.69 Å². The van der Waals surface area contributed by atoms with E-state index in [0.29, 0.717) is 5.92 Å². The van der Waals surface area contributed by atoms with Gasteiger partial charge in [-0.15, -0.1) is 10.2 Å². The average molecular weight is 279 g/mol. The van der Waals surface area contributed by atoms with E-state index in [4.69, 9.17) is 0 Å². The Kier molecular flexibility index (Phi) is 4.60. The summed E-state index contributed by atoms with van der Waals surface area (Å²) in [6.45, 7) is 6.51. The monoisotopic (exact) mass is 279 g/mol. The molecule has 0 spiro atoms. The normalized spacial score (nSPS) is 10.9. The van der Waals surface area contributed by atoms with Crippen LogP contribution in [0.1, 0.15) is 32.3 Å². The first-order valence-corrected chi connectivity index (χ1v) is 7.82. The van der Waals surface area contributed by atoms with Crippen molar-refractivity contribution in [1.82, 2.24) is 10.2 Å². The molecule has 5 heteroatoms. The van der Waals surface area contributed by atoms with E-state index in [1.165, 1.54) is 5.56 Å². The highest BCUT2D eigenvalue weighted by atomic mass is 32.2. The van der Waals surface area contributed by atoms with Crippen molar-refractivity contribution in [3.63, 3.8) is 0 Å². The Morgan fingerprint density at radius 1 is 1.22 bits per heavy atom. The summed E-state index contributed by atoms with van der Waals surface area (Å²) < 4.78 is 1.01. The molecule has 18 heavy (non-hydrogen) atoms. The number of rotatable bonds is 5. The van der Waals surface area contributed by atoms with Crippen molar-refractivity contribution in [2.45, 2.75) is 31.0 Å². The third-order valence-corrected chi connectivity index (χ3v) is 4.36. The molecule has 0 saturated carbocycles. The first-order valence-electron chi connectivity index (χ1n) is 6.02. The van der Waals surface area contributed by atoms with E-state index in [-0.39, 0.29) is 0 Å². The van der Waals surface area contributed by atoms with Crippen molar-refractivity contribution in [1.29, 1.82) is 0 Å². The molecule has 1 N–H and O–H groups in total. The lowest BCUT2D eigenvalue weighted by Gasteiger charge is -2.06. The second-order valence-electron chi connectivity index (χ2n) is 4.21. The van der Waals surface area contributed by atoms with Gasteiger partial charge >= 0.3 is 0 Å². The Hall–Kier alpha value is -1.07. The Morgan fingerprint density at radius 3 is 2.56 bits per heavy atom. The highest BCUT2D eigenvalue weighted by Gasteiger charge is 2.04. The van der Waals surface area contributed by atoms with Crippen molar-refractivity contribution >= 4 is 33.9 Å². The molecule has 1 heterocycles. The maximum atomic E-state index is 4.12. The van der Waals surface area contributed by atoms with Gasteiger partial charge in [0.15, 0.2) is 4.34 Å². The lowest BCUT2D eigenvalue weighted by molar-refractivity contribution is 0.867. The zero-order chi connectivity index (χ0) is 13.0. The molecule has 0 aliphatic heterocycles. The standard InChI is InChI=1S/C13H17N3S2/c1-4-17-13-16-15-12(18-13)14-11-7-5-10(6-8-11)9(2)3/h5-9H,4H2,1-3H3,(H,14,15). The molecule has 96 valence electrons. The molecule has 2 rings (SSSR count). The number of thioether (sulfide) groups is 1. The molecule has 0 amide bonds. The van der Waals surface area contributed by atoms with Gasteiger partial charge in [0.2, 0.25) is 5.13 Å². The van der Waals surface area contributed by atoms with Crippen LogP contribution in [-0.4, -0.2) is 16.0 Å². The van der Waals surface area contributed by atoms with Crippen LogP contribution in [-0.2, 0) is 0 Å². The van der Waals surface area contributed by atoms with Crippen LogP contribution in [0.15, 0.2) is 28.6 Å². The zero-order valence-corrected chi connectivity index (χ0v) is 12.4. The summed E-state index contributed by atoms with van der Waals surface area (Å²) in [5.41, 5.74) is 2.41. The van der Waals surface area contributed by atoms with Crippen LogP contribution >= 0.6 is 23.1 Å². The van der Waals surface area contributed by atoms with Crippen LogP contribution in [0.5, 0.6) is 0 Å². The van der Waals surface area contributed by atoms with Crippen molar-refractivity contribution < 1.29 is 0 Å². The summed E-state index contributed by atoms with van der Waals surface area (Å²) in [6, 6.07) is 8.47. The molecule has 3 nitrogen and oxygen atoms in total. The second kappa shape index (κ2) is 6.20. The smallest absolute Gasteiger partial charge is 0.210 e. The van der Waals surface area contributed by atoms with Gasteiger partial charge in [0.1, 0.15) is 0 Å². The zero-order valence-electron chi connectivity index (χ0n) is 10.8. The minimum Gasteiger partial charge on any atom is -0.330 e. The van der Waals surface area contributed by atoms with Gasteiger partial charge in [-0.05, 0) is 29.4 Å². The van der Waals surface area contributed by atoms with E-state index < -0.39 is 0 Å².